The number of halogens is 1. The molecule has 29 heavy (non-hydrogen) atoms. The van der Waals surface area contributed by atoms with Crippen molar-refractivity contribution in [3.63, 3.8) is 0 Å². The number of aliphatic imine (C=N–C) groups is 1. The van der Waals surface area contributed by atoms with Crippen molar-refractivity contribution in [1.82, 2.24) is 10.6 Å². The standard InChI is InChI=1S/C21H35N3O4.HI/c1-5-22-21(23-11-8-12-28-17-9-6-7-10-17)24-15-16-13-18(25-2)20(27-4)19(14-16)26-3;/h13-14,17H,5-12,15H2,1-4H3,(H2,22,23,24);1H. The van der Waals surface area contributed by atoms with E-state index < -0.39 is 0 Å². The van der Waals surface area contributed by atoms with Crippen molar-refractivity contribution >= 4 is 29.9 Å². The summed E-state index contributed by atoms with van der Waals surface area (Å²) < 4.78 is 22.1. The first kappa shape index (κ1) is 25.6. The molecule has 1 aliphatic carbocycles. The molecule has 0 heterocycles. The van der Waals surface area contributed by atoms with Crippen LogP contribution in [0, 0.1) is 0 Å². The van der Waals surface area contributed by atoms with E-state index in [1.807, 2.05) is 12.1 Å². The fourth-order valence-corrected chi connectivity index (χ4v) is 3.32. The summed E-state index contributed by atoms with van der Waals surface area (Å²) in [6, 6.07) is 3.84. The van der Waals surface area contributed by atoms with E-state index in [0.29, 0.717) is 29.9 Å². The lowest BCUT2D eigenvalue weighted by molar-refractivity contribution is 0.0574. The van der Waals surface area contributed by atoms with Crippen molar-refractivity contribution in [3.05, 3.63) is 17.7 Å². The van der Waals surface area contributed by atoms with Crippen LogP contribution >= 0.6 is 24.0 Å². The first-order chi connectivity index (χ1) is 13.7. The van der Waals surface area contributed by atoms with Gasteiger partial charge in [-0.1, -0.05) is 12.8 Å². The van der Waals surface area contributed by atoms with Crippen LogP contribution in [0.15, 0.2) is 17.1 Å². The summed E-state index contributed by atoms with van der Waals surface area (Å²) in [5.74, 6) is 2.64. The van der Waals surface area contributed by atoms with Gasteiger partial charge in [0.25, 0.3) is 0 Å². The molecule has 0 radical (unpaired) electrons. The third kappa shape index (κ3) is 8.46. The molecule has 1 saturated carbocycles. The fraction of sp³-hybridized carbons (Fsp3) is 0.667. The molecule has 0 spiro atoms. The molecule has 1 aliphatic rings. The van der Waals surface area contributed by atoms with Crippen LogP contribution in [0.1, 0.15) is 44.6 Å². The minimum Gasteiger partial charge on any atom is -0.493 e. The number of rotatable bonds is 11. The summed E-state index contributed by atoms with van der Waals surface area (Å²) in [7, 11) is 4.83. The highest BCUT2D eigenvalue weighted by atomic mass is 127. The quantitative estimate of drug-likeness (QED) is 0.200. The van der Waals surface area contributed by atoms with Gasteiger partial charge in [-0.05, 0) is 43.9 Å². The Hall–Kier alpha value is -1.42. The molecule has 0 amide bonds. The second kappa shape index (κ2) is 14.5. The van der Waals surface area contributed by atoms with Gasteiger partial charge < -0.3 is 29.6 Å². The Bertz CT molecular complexity index is 597. The molecule has 0 saturated heterocycles. The van der Waals surface area contributed by atoms with Gasteiger partial charge >= 0.3 is 0 Å². The summed E-state index contributed by atoms with van der Waals surface area (Å²) in [6.45, 7) is 4.99. The summed E-state index contributed by atoms with van der Waals surface area (Å²) in [5, 5.41) is 6.64. The van der Waals surface area contributed by atoms with Crippen LogP contribution in [0.2, 0.25) is 0 Å². The van der Waals surface area contributed by atoms with E-state index in [1.54, 1.807) is 21.3 Å². The van der Waals surface area contributed by atoms with Crippen molar-refractivity contribution in [2.24, 2.45) is 4.99 Å². The molecule has 166 valence electrons. The first-order valence-electron chi connectivity index (χ1n) is 10.1. The minimum absolute atomic E-state index is 0. The van der Waals surface area contributed by atoms with Gasteiger partial charge in [0.15, 0.2) is 17.5 Å². The van der Waals surface area contributed by atoms with Crippen molar-refractivity contribution < 1.29 is 18.9 Å². The van der Waals surface area contributed by atoms with Crippen LogP contribution in [-0.2, 0) is 11.3 Å². The monoisotopic (exact) mass is 521 g/mol. The van der Waals surface area contributed by atoms with Gasteiger partial charge in [-0.3, -0.25) is 0 Å². The maximum absolute atomic E-state index is 5.91. The van der Waals surface area contributed by atoms with E-state index in [4.69, 9.17) is 18.9 Å². The van der Waals surface area contributed by atoms with Crippen LogP contribution < -0.4 is 24.8 Å². The number of hydrogen-bond acceptors (Lipinski definition) is 5. The number of nitrogens with one attached hydrogen (secondary N) is 2. The Balaban J connectivity index is 0.00000420. The molecule has 0 atom stereocenters. The zero-order valence-corrected chi connectivity index (χ0v) is 20.4. The average Bonchev–Trinajstić information content (AvgIpc) is 3.24. The lowest BCUT2D eigenvalue weighted by Crippen LogP contribution is -2.38. The zero-order valence-electron chi connectivity index (χ0n) is 18.1. The topological polar surface area (TPSA) is 73.3 Å². The Morgan fingerprint density at radius 1 is 1.03 bits per heavy atom. The second-order valence-electron chi connectivity index (χ2n) is 6.79. The van der Waals surface area contributed by atoms with Crippen LogP contribution in [0.25, 0.3) is 0 Å². The predicted molar refractivity (Wildman–Crippen MR) is 127 cm³/mol. The smallest absolute Gasteiger partial charge is 0.203 e. The first-order valence-corrected chi connectivity index (χ1v) is 10.1. The highest BCUT2D eigenvalue weighted by molar-refractivity contribution is 14.0. The Morgan fingerprint density at radius 2 is 1.69 bits per heavy atom. The SMILES string of the molecule is CCNC(=NCc1cc(OC)c(OC)c(OC)c1)NCCCOC1CCCC1.I. The van der Waals surface area contributed by atoms with Crippen molar-refractivity contribution in [1.29, 1.82) is 0 Å². The highest BCUT2D eigenvalue weighted by Gasteiger charge is 2.15. The maximum atomic E-state index is 5.91. The molecule has 1 aromatic rings. The van der Waals surface area contributed by atoms with Crippen molar-refractivity contribution in [2.75, 3.05) is 41.0 Å². The summed E-state index contributed by atoms with van der Waals surface area (Å²) in [5.41, 5.74) is 0.983. The Labute approximate surface area is 191 Å². The van der Waals surface area contributed by atoms with E-state index >= 15 is 0 Å². The molecule has 0 unspecified atom stereocenters. The number of benzene rings is 1. The summed E-state index contributed by atoms with van der Waals surface area (Å²) in [6.07, 6.45) is 6.48. The Kier molecular flexibility index (Phi) is 12.8. The van der Waals surface area contributed by atoms with Gasteiger partial charge in [0.1, 0.15) is 0 Å². The van der Waals surface area contributed by atoms with E-state index in [1.165, 1.54) is 25.7 Å². The van der Waals surface area contributed by atoms with Gasteiger partial charge in [0.05, 0.1) is 34.0 Å². The van der Waals surface area contributed by atoms with Crippen molar-refractivity contribution in [3.8, 4) is 17.2 Å². The fourth-order valence-electron chi connectivity index (χ4n) is 3.32. The third-order valence-corrected chi connectivity index (χ3v) is 4.76. The van der Waals surface area contributed by atoms with Gasteiger partial charge in [0, 0.05) is 19.7 Å². The number of ether oxygens (including phenoxy) is 4. The number of guanidine groups is 1. The molecular formula is C21H36IN3O4. The predicted octanol–water partition coefficient (Wildman–Crippen LogP) is 3.73. The van der Waals surface area contributed by atoms with E-state index in [9.17, 15) is 0 Å². The molecule has 2 rings (SSSR count). The van der Waals surface area contributed by atoms with E-state index in [2.05, 4.69) is 22.5 Å². The normalized spacial score (nSPS) is 14.3. The third-order valence-electron chi connectivity index (χ3n) is 4.76. The van der Waals surface area contributed by atoms with E-state index in [0.717, 1.165) is 37.6 Å². The molecule has 1 aromatic carbocycles. The molecule has 8 heteroatoms. The molecule has 1 fully saturated rings. The highest BCUT2D eigenvalue weighted by Crippen LogP contribution is 2.38. The molecule has 0 bridgehead atoms. The average molecular weight is 521 g/mol. The minimum atomic E-state index is 0. The molecular weight excluding hydrogens is 485 g/mol. The molecule has 0 aromatic heterocycles. The van der Waals surface area contributed by atoms with Crippen molar-refractivity contribution in [2.45, 2.75) is 51.7 Å². The van der Waals surface area contributed by atoms with Crippen LogP contribution in [0.3, 0.4) is 0 Å². The molecule has 0 aliphatic heterocycles. The van der Waals surface area contributed by atoms with Crippen LogP contribution in [0.5, 0.6) is 17.2 Å². The van der Waals surface area contributed by atoms with Gasteiger partial charge in [-0.15, -0.1) is 24.0 Å². The molecule has 2 N–H and O–H groups in total. The number of nitrogens with zero attached hydrogens (tertiary/aromatic N) is 1. The van der Waals surface area contributed by atoms with Crippen LogP contribution in [0.4, 0.5) is 0 Å². The van der Waals surface area contributed by atoms with Gasteiger partial charge in [0.2, 0.25) is 5.75 Å². The zero-order chi connectivity index (χ0) is 20.2. The summed E-state index contributed by atoms with van der Waals surface area (Å²) in [4.78, 5) is 4.67. The Morgan fingerprint density at radius 3 is 2.24 bits per heavy atom. The largest absolute Gasteiger partial charge is 0.493 e. The van der Waals surface area contributed by atoms with Gasteiger partial charge in [-0.25, -0.2) is 4.99 Å². The van der Waals surface area contributed by atoms with Gasteiger partial charge in [-0.2, -0.15) is 0 Å². The maximum Gasteiger partial charge on any atom is 0.203 e. The lowest BCUT2D eigenvalue weighted by Gasteiger charge is -2.15. The molecule has 7 nitrogen and oxygen atoms in total. The van der Waals surface area contributed by atoms with Crippen LogP contribution in [-0.4, -0.2) is 53.1 Å². The second-order valence-corrected chi connectivity index (χ2v) is 6.79. The number of methoxy groups -OCH3 is 3. The van der Waals surface area contributed by atoms with E-state index in [-0.39, 0.29) is 24.0 Å². The number of hydrogen-bond donors (Lipinski definition) is 2. The lowest BCUT2D eigenvalue weighted by atomic mass is 10.2. The summed E-state index contributed by atoms with van der Waals surface area (Å²) >= 11 is 0.